The summed E-state index contributed by atoms with van der Waals surface area (Å²) in [6, 6.07) is 9.20. The number of rotatable bonds is 5. The zero-order valence-electron chi connectivity index (χ0n) is 19.0. The maximum absolute atomic E-state index is 14.2. The number of anilines is 1. The Labute approximate surface area is 193 Å². The van der Waals surface area contributed by atoms with Crippen LogP contribution < -0.4 is 4.90 Å². The fourth-order valence-corrected chi connectivity index (χ4v) is 5.78. The SMILES string of the molecule is CCOC(=O)C1CCN(c2c(S(=O)(=O)c3ccc(C)c(C)c3)cnc3ccc(F)cc23)CC1. The number of piperidine rings is 1. The van der Waals surface area contributed by atoms with Gasteiger partial charge in [-0.15, -0.1) is 0 Å². The smallest absolute Gasteiger partial charge is 0.309 e. The van der Waals surface area contributed by atoms with Gasteiger partial charge in [-0.2, -0.15) is 0 Å². The van der Waals surface area contributed by atoms with Crippen LogP contribution in [-0.4, -0.2) is 39.1 Å². The van der Waals surface area contributed by atoms with E-state index in [1.54, 1.807) is 31.2 Å². The summed E-state index contributed by atoms with van der Waals surface area (Å²) >= 11 is 0. The molecule has 1 aliphatic heterocycles. The Morgan fingerprint density at radius 2 is 1.85 bits per heavy atom. The van der Waals surface area contributed by atoms with Gasteiger partial charge in [-0.1, -0.05) is 6.07 Å². The van der Waals surface area contributed by atoms with Gasteiger partial charge in [0.15, 0.2) is 0 Å². The van der Waals surface area contributed by atoms with Crippen LogP contribution >= 0.6 is 0 Å². The molecule has 0 spiro atoms. The molecular formula is C25H27FN2O4S. The molecule has 2 aromatic carbocycles. The lowest BCUT2D eigenvalue weighted by atomic mass is 9.96. The number of hydrogen-bond acceptors (Lipinski definition) is 6. The van der Waals surface area contributed by atoms with E-state index >= 15 is 0 Å². The summed E-state index contributed by atoms with van der Waals surface area (Å²) in [5.74, 6) is -0.927. The summed E-state index contributed by atoms with van der Waals surface area (Å²) in [6.45, 7) is 6.79. The number of esters is 1. The third-order valence-corrected chi connectivity index (χ3v) is 8.03. The van der Waals surface area contributed by atoms with Gasteiger partial charge in [-0.3, -0.25) is 9.78 Å². The van der Waals surface area contributed by atoms with Crippen LogP contribution in [0.25, 0.3) is 10.9 Å². The Balaban J connectivity index is 1.82. The van der Waals surface area contributed by atoms with Crippen molar-refractivity contribution in [3.8, 4) is 0 Å². The highest BCUT2D eigenvalue weighted by Crippen LogP contribution is 2.38. The Kier molecular flexibility index (Phi) is 6.38. The number of aromatic nitrogens is 1. The molecule has 1 aliphatic rings. The topological polar surface area (TPSA) is 76.6 Å². The maximum Gasteiger partial charge on any atom is 0.309 e. The fourth-order valence-electron chi connectivity index (χ4n) is 4.26. The molecule has 1 fully saturated rings. The second-order valence-corrected chi connectivity index (χ2v) is 10.3. The predicted molar refractivity (Wildman–Crippen MR) is 125 cm³/mol. The molecule has 0 bridgehead atoms. The van der Waals surface area contributed by atoms with Crippen molar-refractivity contribution in [2.24, 2.45) is 5.92 Å². The highest BCUT2D eigenvalue weighted by molar-refractivity contribution is 7.91. The number of carbonyl (C=O) groups excluding carboxylic acids is 1. The number of pyridine rings is 1. The van der Waals surface area contributed by atoms with Crippen molar-refractivity contribution in [1.29, 1.82) is 0 Å². The minimum Gasteiger partial charge on any atom is -0.466 e. The number of carbonyl (C=O) groups is 1. The molecule has 6 nitrogen and oxygen atoms in total. The van der Waals surface area contributed by atoms with Crippen molar-refractivity contribution < 1.29 is 22.3 Å². The van der Waals surface area contributed by atoms with Gasteiger partial charge in [-0.25, -0.2) is 12.8 Å². The van der Waals surface area contributed by atoms with Gasteiger partial charge in [0.2, 0.25) is 9.84 Å². The average molecular weight is 471 g/mol. The predicted octanol–water partition coefficient (Wildman–Crippen LogP) is 4.60. The normalized spacial score (nSPS) is 15.1. The van der Waals surface area contributed by atoms with Gasteiger partial charge in [0.25, 0.3) is 0 Å². The van der Waals surface area contributed by atoms with E-state index < -0.39 is 15.7 Å². The van der Waals surface area contributed by atoms with Crippen molar-refractivity contribution in [2.45, 2.75) is 43.4 Å². The molecule has 0 N–H and O–H groups in total. The molecule has 4 rings (SSSR count). The van der Waals surface area contributed by atoms with Gasteiger partial charge < -0.3 is 9.64 Å². The molecule has 1 aromatic heterocycles. The maximum atomic E-state index is 14.2. The van der Waals surface area contributed by atoms with Gasteiger partial charge >= 0.3 is 5.97 Å². The number of benzene rings is 2. The standard InChI is InChI=1S/C25H27FN2O4S/c1-4-32-25(29)18-9-11-28(12-10-18)24-21-14-19(26)6-8-22(21)27-15-23(24)33(30,31)20-7-5-16(2)17(3)13-20/h5-8,13-15,18H,4,9-12H2,1-3H3. The molecule has 0 amide bonds. The Morgan fingerprint density at radius 3 is 2.52 bits per heavy atom. The van der Waals surface area contributed by atoms with E-state index in [0.717, 1.165) is 11.1 Å². The highest BCUT2D eigenvalue weighted by atomic mass is 32.2. The largest absolute Gasteiger partial charge is 0.466 e. The average Bonchev–Trinajstić information content (AvgIpc) is 2.80. The lowest BCUT2D eigenvalue weighted by molar-refractivity contribution is -0.148. The first kappa shape index (κ1) is 23.2. The van der Waals surface area contributed by atoms with E-state index in [1.807, 2.05) is 18.7 Å². The number of sulfone groups is 1. The van der Waals surface area contributed by atoms with Crippen LogP contribution in [0, 0.1) is 25.6 Å². The van der Waals surface area contributed by atoms with Crippen molar-refractivity contribution >= 4 is 32.4 Å². The third-order valence-electron chi connectivity index (χ3n) is 6.28. The molecule has 8 heteroatoms. The van der Waals surface area contributed by atoms with Crippen LogP contribution in [0.1, 0.15) is 30.9 Å². The lowest BCUT2D eigenvalue weighted by Crippen LogP contribution is -2.37. The molecule has 174 valence electrons. The molecule has 0 saturated carbocycles. The number of halogens is 1. The van der Waals surface area contributed by atoms with E-state index in [0.29, 0.717) is 49.1 Å². The molecule has 0 atom stereocenters. The first-order valence-corrected chi connectivity index (χ1v) is 12.5. The number of nitrogens with zero attached hydrogens (tertiary/aromatic N) is 2. The van der Waals surface area contributed by atoms with E-state index in [1.165, 1.54) is 18.3 Å². The summed E-state index contributed by atoms with van der Waals surface area (Å²) in [5.41, 5.74) is 2.81. The van der Waals surface area contributed by atoms with E-state index in [4.69, 9.17) is 4.74 Å². The number of fused-ring (bicyclic) bond motifs is 1. The zero-order valence-corrected chi connectivity index (χ0v) is 19.8. The van der Waals surface area contributed by atoms with Crippen LogP contribution in [0.15, 0.2) is 52.4 Å². The van der Waals surface area contributed by atoms with Crippen LogP contribution in [0.3, 0.4) is 0 Å². The lowest BCUT2D eigenvalue weighted by Gasteiger charge is -2.34. The van der Waals surface area contributed by atoms with E-state index in [9.17, 15) is 17.6 Å². The molecule has 1 saturated heterocycles. The summed E-state index contributed by atoms with van der Waals surface area (Å²) in [4.78, 5) is 18.6. The molecule has 2 heterocycles. The quantitative estimate of drug-likeness (QED) is 0.507. The van der Waals surface area contributed by atoms with E-state index in [-0.39, 0.29) is 21.7 Å². The molecule has 0 radical (unpaired) electrons. The van der Waals surface area contributed by atoms with Crippen LogP contribution in [0.5, 0.6) is 0 Å². The Morgan fingerprint density at radius 1 is 1.12 bits per heavy atom. The molecular weight excluding hydrogens is 443 g/mol. The van der Waals surface area contributed by atoms with Gasteiger partial charge in [0, 0.05) is 24.7 Å². The third kappa shape index (κ3) is 4.44. The second-order valence-electron chi connectivity index (χ2n) is 8.40. The minimum atomic E-state index is -3.92. The molecule has 33 heavy (non-hydrogen) atoms. The Bertz CT molecular complexity index is 1320. The summed E-state index contributed by atoms with van der Waals surface area (Å²) in [7, 11) is -3.92. The van der Waals surface area contributed by atoms with Crippen molar-refractivity contribution in [2.75, 3.05) is 24.6 Å². The summed E-state index contributed by atoms with van der Waals surface area (Å²) in [5, 5.41) is 0.439. The second kappa shape index (κ2) is 9.09. The fraction of sp³-hybridized carbons (Fsp3) is 0.360. The monoisotopic (exact) mass is 470 g/mol. The van der Waals surface area contributed by atoms with Gasteiger partial charge in [0.1, 0.15) is 10.7 Å². The molecule has 0 aliphatic carbocycles. The first-order valence-electron chi connectivity index (χ1n) is 11.0. The summed E-state index contributed by atoms with van der Waals surface area (Å²) < 4.78 is 46.8. The zero-order chi connectivity index (χ0) is 23.8. The molecule has 3 aromatic rings. The Hall–Kier alpha value is -3.00. The van der Waals surface area contributed by atoms with Gasteiger partial charge in [-0.05, 0) is 75.1 Å². The number of ether oxygens (including phenoxy) is 1. The van der Waals surface area contributed by atoms with Gasteiger partial charge in [0.05, 0.1) is 28.6 Å². The van der Waals surface area contributed by atoms with Crippen LogP contribution in [0.4, 0.5) is 10.1 Å². The van der Waals surface area contributed by atoms with Crippen LogP contribution in [0.2, 0.25) is 0 Å². The highest BCUT2D eigenvalue weighted by Gasteiger charge is 2.31. The summed E-state index contributed by atoms with van der Waals surface area (Å²) in [6.07, 6.45) is 2.42. The molecule has 0 unspecified atom stereocenters. The first-order chi connectivity index (χ1) is 15.7. The van der Waals surface area contributed by atoms with Crippen LogP contribution in [-0.2, 0) is 19.4 Å². The van der Waals surface area contributed by atoms with E-state index in [2.05, 4.69) is 4.98 Å². The van der Waals surface area contributed by atoms with Crippen molar-refractivity contribution in [1.82, 2.24) is 4.98 Å². The number of aryl methyl sites for hydroxylation is 2. The number of hydrogen-bond donors (Lipinski definition) is 0. The minimum absolute atomic E-state index is 0.0402. The van der Waals surface area contributed by atoms with Crippen molar-refractivity contribution in [3.05, 3.63) is 59.5 Å². The van der Waals surface area contributed by atoms with Crippen molar-refractivity contribution in [3.63, 3.8) is 0 Å².